The standard InChI is InChI=1S/C12H7N5O/c13-11-8-7-9(14-16-12(8)17-15-11)5-3-1-2-4-6(5)10(7)18/h1-4H,(H3,13,15,16,17). The lowest BCUT2D eigenvalue weighted by Crippen LogP contribution is -1.99. The molecule has 0 aliphatic heterocycles. The van der Waals surface area contributed by atoms with Crippen molar-refractivity contribution in [1.82, 2.24) is 20.4 Å². The summed E-state index contributed by atoms with van der Waals surface area (Å²) >= 11 is 0. The summed E-state index contributed by atoms with van der Waals surface area (Å²) in [5.41, 5.74) is 8.73. The molecule has 0 atom stereocenters. The average molecular weight is 237 g/mol. The maximum Gasteiger partial charge on any atom is 0.196 e. The number of aromatic nitrogens is 4. The highest BCUT2D eigenvalue weighted by Crippen LogP contribution is 2.38. The molecule has 2 heterocycles. The quantitative estimate of drug-likeness (QED) is 0.478. The number of nitrogen functional groups attached to an aromatic ring is 1. The molecule has 4 rings (SSSR count). The average Bonchev–Trinajstić information content (AvgIpc) is 2.91. The van der Waals surface area contributed by atoms with E-state index in [0.29, 0.717) is 27.9 Å². The van der Waals surface area contributed by atoms with Crippen LogP contribution in [0.2, 0.25) is 0 Å². The Morgan fingerprint density at radius 2 is 1.89 bits per heavy atom. The number of H-pyrrole nitrogens is 1. The van der Waals surface area contributed by atoms with Crippen LogP contribution in [0.4, 0.5) is 5.82 Å². The van der Waals surface area contributed by atoms with Crippen LogP contribution in [-0.2, 0) is 0 Å². The van der Waals surface area contributed by atoms with Gasteiger partial charge >= 0.3 is 0 Å². The monoisotopic (exact) mass is 237 g/mol. The third-order valence-electron chi connectivity index (χ3n) is 3.17. The molecule has 0 radical (unpaired) electrons. The molecule has 0 fully saturated rings. The number of ketones is 1. The number of carbonyl (C=O) groups excluding carboxylic acids is 1. The van der Waals surface area contributed by atoms with E-state index in [2.05, 4.69) is 20.4 Å². The van der Waals surface area contributed by atoms with Gasteiger partial charge in [-0.05, 0) is 0 Å². The van der Waals surface area contributed by atoms with Gasteiger partial charge < -0.3 is 5.73 Å². The van der Waals surface area contributed by atoms with Crippen LogP contribution in [0.25, 0.3) is 22.3 Å². The van der Waals surface area contributed by atoms with E-state index in [9.17, 15) is 4.79 Å². The van der Waals surface area contributed by atoms with Crippen LogP contribution in [-0.4, -0.2) is 26.2 Å². The molecule has 0 unspecified atom stereocenters. The molecule has 0 bridgehead atoms. The molecular formula is C12H7N5O. The number of aromatic amines is 1. The molecule has 1 aromatic carbocycles. The predicted octanol–water partition coefficient (Wildman–Crippen LogP) is 1.15. The van der Waals surface area contributed by atoms with E-state index in [1.807, 2.05) is 18.2 Å². The SMILES string of the molecule is Nc1n[nH]c2nnc3c(c12)C(=O)c1ccccc1-3. The Hall–Kier alpha value is -2.76. The highest BCUT2D eigenvalue weighted by molar-refractivity contribution is 6.27. The van der Waals surface area contributed by atoms with Crippen molar-refractivity contribution in [3.05, 3.63) is 35.4 Å². The van der Waals surface area contributed by atoms with Crippen molar-refractivity contribution >= 4 is 22.6 Å². The van der Waals surface area contributed by atoms with Crippen molar-refractivity contribution in [3.63, 3.8) is 0 Å². The molecule has 3 aromatic rings. The van der Waals surface area contributed by atoms with E-state index >= 15 is 0 Å². The zero-order valence-corrected chi connectivity index (χ0v) is 9.14. The minimum atomic E-state index is -0.0754. The Bertz CT molecular complexity index is 820. The fraction of sp³-hybridized carbons (Fsp3) is 0. The van der Waals surface area contributed by atoms with Crippen molar-refractivity contribution in [1.29, 1.82) is 0 Å². The molecule has 3 N–H and O–H groups in total. The van der Waals surface area contributed by atoms with Gasteiger partial charge in [0, 0.05) is 11.1 Å². The van der Waals surface area contributed by atoms with E-state index in [-0.39, 0.29) is 11.6 Å². The lowest BCUT2D eigenvalue weighted by molar-refractivity contribution is 0.104. The van der Waals surface area contributed by atoms with Crippen molar-refractivity contribution in [3.8, 4) is 11.3 Å². The van der Waals surface area contributed by atoms with Crippen molar-refractivity contribution in [2.24, 2.45) is 0 Å². The summed E-state index contributed by atoms with van der Waals surface area (Å²) in [5.74, 6) is 0.200. The molecule has 0 amide bonds. The third-order valence-corrected chi connectivity index (χ3v) is 3.17. The maximum atomic E-state index is 12.4. The molecule has 6 heteroatoms. The van der Waals surface area contributed by atoms with Gasteiger partial charge in [0.1, 0.15) is 5.69 Å². The number of nitrogens with zero attached hydrogens (tertiary/aromatic N) is 3. The fourth-order valence-corrected chi connectivity index (χ4v) is 2.37. The molecule has 1 aliphatic carbocycles. The summed E-state index contributed by atoms with van der Waals surface area (Å²) in [4.78, 5) is 12.4. The number of hydrogen-bond acceptors (Lipinski definition) is 5. The molecule has 18 heavy (non-hydrogen) atoms. The number of carbonyl (C=O) groups is 1. The molecular weight excluding hydrogens is 230 g/mol. The fourth-order valence-electron chi connectivity index (χ4n) is 2.37. The number of hydrogen-bond donors (Lipinski definition) is 2. The summed E-state index contributed by atoms with van der Waals surface area (Å²) in [5, 5.41) is 15.2. The Morgan fingerprint density at radius 3 is 2.72 bits per heavy atom. The summed E-state index contributed by atoms with van der Waals surface area (Å²) in [6.07, 6.45) is 0. The second-order valence-corrected chi connectivity index (χ2v) is 4.13. The number of anilines is 1. The van der Waals surface area contributed by atoms with Crippen LogP contribution in [0.3, 0.4) is 0 Å². The van der Waals surface area contributed by atoms with Crippen molar-refractivity contribution in [2.45, 2.75) is 0 Å². The Labute approximate surface area is 101 Å². The van der Waals surface area contributed by atoms with Gasteiger partial charge in [0.05, 0.1) is 10.9 Å². The van der Waals surface area contributed by atoms with Gasteiger partial charge in [-0.1, -0.05) is 24.3 Å². The first-order valence-corrected chi connectivity index (χ1v) is 5.41. The molecule has 0 saturated carbocycles. The number of fused-ring (bicyclic) bond motifs is 5. The van der Waals surface area contributed by atoms with E-state index < -0.39 is 0 Å². The Kier molecular flexibility index (Phi) is 1.51. The van der Waals surface area contributed by atoms with Gasteiger partial charge in [-0.3, -0.25) is 9.89 Å². The minimum absolute atomic E-state index is 0.0754. The number of benzene rings is 1. The van der Waals surface area contributed by atoms with Crippen LogP contribution < -0.4 is 5.73 Å². The molecule has 0 saturated heterocycles. The van der Waals surface area contributed by atoms with Gasteiger partial charge in [-0.25, -0.2) is 0 Å². The normalized spacial score (nSPS) is 12.8. The smallest absolute Gasteiger partial charge is 0.196 e. The maximum absolute atomic E-state index is 12.4. The Balaban J connectivity index is 2.21. The summed E-state index contributed by atoms with van der Waals surface area (Å²) in [7, 11) is 0. The van der Waals surface area contributed by atoms with Crippen LogP contribution in [0, 0.1) is 0 Å². The lowest BCUT2D eigenvalue weighted by Gasteiger charge is -1.97. The van der Waals surface area contributed by atoms with Crippen LogP contribution in [0.1, 0.15) is 15.9 Å². The highest BCUT2D eigenvalue weighted by atomic mass is 16.1. The summed E-state index contributed by atoms with van der Waals surface area (Å²) < 4.78 is 0. The Morgan fingerprint density at radius 1 is 1.11 bits per heavy atom. The molecule has 1 aliphatic rings. The lowest BCUT2D eigenvalue weighted by atomic mass is 10.1. The van der Waals surface area contributed by atoms with E-state index in [4.69, 9.17) is 5.73 Å². The van der Waals surface area contributed by atoms with Gasteiger partial charge in [0.25, 0.3) is 0 Å². The number of nitrogens with one attached hydrogen (secondary N) is 1. The topological polar surface area (TPSA) is 97.6 Å². The van der Waals surface area contributed by atoms with E-state index in [1.54, 1.807) is 6.07 Å². The number of nitrogens with two attached hydrogens (primary N) is 1. The number of rotatable bonds is 0. The van der Waals surface area contributed by atoms with Gasteiger partial charge in [-0.2, -0.15) is 5.10 Å². The van der Waals surface area contributed by atoms with E-state index in [0.717, 1.165) is 5.56 Å². The van der Waals surface area contributed by atoms with Gasteiger partial charge in [0.2, 0.25) is 0 Å². The predicted molar refractivity (Wildman–Crippen MR) is 65.0 cm³/mol. The highest BCUT2D eigenvalue weighted by Gasteiger charge is 2.31. The molecule has 0 spiro atoms. The molecule has 2 aromatic heterocycles. The minimum Gasteiger partial charge on any atom is -0.382 e. The zero-order chi connectivity index (χ0) is 12.3. The summed E-state index contributed by atoms with van der Waals surface area (Å²) in [6, 6.07) is 7.33. The van der Waals surface area contributed by atoms with Crippen molar-refractivity contribution < 1.29 is 4.79 Å². The van der Waals surface area contributed by atoms with Crippen LogP contribution in [0.5, 0.6) is 0 Å². The van der Waals surface area contributed by atoms with Crippen LogP contribution in [0.15, 0.2) is 24.3 Å². The summed E-state index contributed by atoms with van der Waals surface area (Å²) in [6.45, 7) is 0. The largest absolute Gasteiger partial charge is 0.382 e. The second kappa shape index (κ2) is 2.92. The zero-order valence-electron chi connectivity index (χ0n) is 9.14. The first-order valence-electron chi connectivity index (χ1n) is 5.41. The van der Waals surface area contributed by atoms with Gasteiger partial charge in [-0.15, -0.1) is 10.2 Å². The van der Waals surface area contributed by atoms with Crippen molar-refractivity contribution in [2.75, 3.05) is 5.73 Å². The van der Waals surface area contributed by atoms with Gasteiger partial charge in [0.15, 0.2) is 17.2 Å². The first-order chi connectivity index (χ1) is 8.77. The van der Waals surface area contributed by atoms with Crippen LogP contribution >= 0.6 is 0 Å². The van der Waals surface area contributed by atoms with E-state index in [1.165, 1.54) is 0 Å². The first kappa shape index (κ1) is 9.29. The second-order valence-electron chi connectivity index (χ2n) is 4.13. The molecule has 6 nitrogen and oxygen atoms in total. The molecule has 86 valence electrons. The third kappa shape index (κ3) is 0.928.